The number of sulfonamides is 1. The number of hydrogen-bond acceptors (Lipinski definition) is 6. The summed E-state index contributed by atoms with van der Waals surface area (Å²) in [5.41, 5.74) is -0.313. The van der Waals surface area contributed by atoms with Crippen molar-refractivity contribution in [3.63, 3.8) is 0 Å². The van der Waals surface area contributed by atoms with Crippen LogP contribution in [-0.4, -0.2) is 56.4 Å². The standard InChI is InChI=1S/C21H20ClF2NO6S/c1-12-9-25(10-13(2)31-12)32(28,29)20-8-15(3-5-16(20)22)21(27)30-11-19(26)14-4-6-17(23)18(24)7-14/h3-8,12-13H,9-11H2,1-2H3. The van der Waals surface area contributed by atoms with Crippen LogP contribution in [0.5, 0.6) is 0 Å². The van der Waals surface area contributed by atoms with Gasteiger partial charge in [-0.05, 0) is 50.2 Å². The van der Waals surface area contributed by atoms with E-state index < -0.39 is 40.0 Å². The maximum absolute atomic E-state index is 13.3. The summed E-state index contributed by atoms with van der Waals surface area (Å²) in [6, 6.07) is 6.13. The third-order valence-electron chi connectivity index (χ3n) is 4.75. The molecule has 32 heavy (non-hydrogen) atoms. The lowest BCUT2D eigenvalue weighted by Gasteiger charge is -2.34. The summed E-state index contributed by atoms with van der Waals surface area (Å²) in [4.78, 5) is 24.2. The van der Waals surface area contributed by atoms with Crippen molar-refractivity contribution in [2.24, 2.45) is 0 Å². The van der Waals surface area contributed by atoms with Crippen LogP contribution in [-0.2, 0) is 19.5 Å². The summed E-state index contributed by atoms with van der Waals surface area (Å²) in [5.74, 6) is -4.05. The van der Waals surface area contributed by atoms with Gasteiger partial charge in [0, 0.05) is 18.7 Å². The quantitative estimate of drug-likeness (QED) is 0.458. The molecule has 0 radical (unpaired) electrons. The van der Waals surface area contributed by atoms with Crippen molar-refractivity contribution < 1.29 is 36.3 Å². The highest BCUT2D eigenvalue weighted by Crippen LogP contribution is 2.28. The van der Waals surface area contributed by atoms with Gasteiger partial charge in [0.15, 0.2) is 24.0 Å². The van der Waals surface area contributed by atoms with Gasteiger partial charge in [0.25, 0.3) is 0 Å². The molecule has 1 aliphatic heterocycles. The van der Waals surface area contributed by atoms with E-state index in [1.54, 1.807) is 13.8 Å². The molecule has 1 aliphatic rings. The van der Waals surface area contributed by atoms with Gasteiger partial charge < -0.3 is 9.47 Å². The number of carbonyl (C=O) groups is 2. The molecule has 1 fully saturated rings. The first kappa shape index (κ1) is 24.2. The van der Waals surface area contributed by atoms with Crippen LogP contribution in [0.25, 0.3) is 0 Å². The minimum absolute atomic E-state index is 0.0776. The lowest BCUT2D eigenvalue weighted by Crippen LogP contribution is -2.48. The van der Waals surface area contributed by atoms with Crippen LogP contribution in [0.15, 0.2) is 41.3 Å². The number of ketones is 1. The van der Waals surface area contributed by atoms with E-state index in [-0.39, 0.29) is 46.3 Å². The predicted molar refractivity (Wildman–Crippen MR) is 111 cm³/mol. The molecule has 0 saturated carbocycles. The Balaban J connectivity index is 1.76. The van der Waals surface area contributed by atoms with Gasteiger partial charge in [0.2, 0.25) is 10.0 Å². The number of carbonyl (C=O) groups excluding carboxylic acids is 2. The van der Waals surface area contributed by atoms with E-state index in [1.807, 2.05) is 0 Å². The zero-order valence-electron chi connectivity index (χ0n) is 17.2. The molecule has 0 amide bonds. The van der Waals surface area contributed by atoms with E-state index in [1.165, 1.54) is 16.4 Å². The van der Waals surface area contributed by atoms with Crippen molar-refractivity contribution in [3.8, 4) is 0 Å². The number of nitrogens with zero attached hydrogens (tertiary/aromatic N) is 1. The molecule has 2 atom stereocenters. The monoisotopic (exact) mass is 487 g/mol. The Labute approximate surface area is 188 Å². The van der Waals surface area contributed by atoms with Crippen molar-refractivity contribution in [3.05, 3.63) is 64.2 Å². The molecule has 1 heterocycles. The Kier molecular flexibility index (Phi) is 7.29. The molecular formula is C21H20ClF2NO6S. The molecule has 1 saturated heterocycles. The molecule has 0 aromatic heterocycles. The predicted octanol–water partition coefficient (Wildman–Crippen LogP) is 3.46. The highest BCUT2D eigenvalue weighted by molar-refractivity contribution is 7.89. The number of halogens is 3. The second-order valence-corrected chi connectivity index (χ2v) is 9.67. The van der Waals surface area contributed by atoms with Crippen molar-refractivity contribution in [1.82, 2.24) is 4.31 Å². The third-order valence-corrected chi connectivity index (χ3v) is 7.06. The molecule has 2 unspecified atom stereocenters. The minimum atomic E-state index is -4.03. The van der Waals surface area contributed by atoms with E-state index in [2.05, 4.69) is 0 Å². The number of benzene rings is 2. The zero-order valence-corrected chi connectivity index (χ0v) is 18.8. The van der Waals surface area contributed by atoms with Crippen molar-refractivity contribution in [1.29, 1.82) is 0 Å². The normalized spacial score (nSPS) is 19.5. The highest BCUT2D eigenvalue weighted by atomic mass is 35.5. The maximum Gasteiger partial charge on any atom is 0.338 e. The second-order valence-electron chi connectivity index (χ2n) is 7.35. The van der Waals surface area contributed by atoms with Gasteiger partial charge in [0.05, 0.1) is 22.8 Å². The summed E-state index contributed by atoms with van der Waals surface area (Å²) in [5, 5.41) is -0.0776. The number of esters is 1. The first-order valence-electron chi connectivity index (χ1n) is 9.59. The van der Waals surface area contributed by atoms with E-state index in [0.717, 1.165) is 18.2 Å². The van der Waals surface area contributed by atoms with Crippen LogP contribution >= 0.6 is 11.6 Å². The van der Waals surface area contributed by atoms with Gasteiger partial charge in [-0.2, -0.15) is 4.31 Å². The molecule has 0 spiro atoms. The summed E-state index contributed by atoms with van der Waals surface area (Å²) >= 11 is 6.10. The first-order chi connectivity index (χ1) is 15.0. The Hall–Kier alpha value is -2.40. The summed E-state index contributed by atoms with van der Waals surface area (Å²) < 4.78 is 64.2. The van der Waals surface area contributed by atoms with Gasteiger partial charge in [-0.15, -0.1) is 0 Å². The summed E-state index contributed by atoms with van der Waals surface area (Å²) in [6.45, 7) is 3.00. The molecule has 0 N–H and O–H groups in total. The van der Waals surface area contributed by atoms with Crippen LogP contribution in [0.4, 0.5) is 8.78 Å². The van der Waals surface area contributed by atoms with Gasteiger partial charge in [-0.1, -0.05) is 11.6 Å². The topological polar surface area (TPSA) is 90.0 Å². The molecule has 3 rings (SSSR count). The van der Waals surface area contributed by atoms with E-state index in [9.17, 15) is 26.8 Å². The molecule has 2 aromatic carbocycles. The average Bonchev–Trinajstić information content (AvgIpc) is 2.73. The second kappa shape index (κ2) is 9.62. The van der Waals surface area contributed by atoms with Crippen LogP contribution in [0.2, 0.25) is 5.02 Å². The van der Waals surface area contributed by atoms with Crippen molar-refractivity contribution in [2.45, 2.75) is 31.0 Å². The largest absolute Gasteiger partial charge is 0.454 e. The molecule has 0 aliphatic carbocycles. The van der Waals surface area contributed by atoms with Gasteiger partial charge >= 0.3 is 5.97 Å². The number of morpholine rings is 1. The zero-order chi connectivity index (χ0) is 23.6. The molecule has 0 bridgehead atoms. The van der Waals surface area contributed by atoms with Crippen LogP contribution in [0, 0.1) is 11.6 Å². The van der Waals surface area contributed by atoms with E-state index in [4.69, 9.17) is 21.1 Å². The average molecular weight is 488 g/mol. The number of Topliss-reactive ketones (excluding diaryl/α,β-unsaturated/α-hetero) is 1. The Morgan fingerprint density at radius 3 is 2.31 bits per heavy atom. The van der Waals surface area contributed by atoms with Crippen molar-refractivity contribution >= 4 is 33.4 Å². The van der Waals surface area contributed by atoms with Crippen LogP contribution in [0.1, 0.15) is 34.6 Å². The SMILES string of the molecule is CC1CN(S(=O)(=O)c2cc(C(=O)OCC(=O)c3ccc(F)c(F)c3)ccc2Cl)CC(C)O1. The molecule has 7 nitrogen and oxygen atoms in total. The van der Waals surface area contributed by atoms with Gasteiger partial charge in [0.1, 0.15) is 4.90 Å². The number of hydrogen-bond donors (Lipinski definition) is 0. The third kappa shape index (κ3) is 5.32. The highest BCUT2D eigenvalue weighted by Gasteiger charge is 2.34. The Morgan fingerprint density at radius 1 is 1.06 bits per heavy atom. The fourth-order valence-corrected chi connectivity index (χ4v) is 5.35. The Bertz CT molecular complexity index is 1150. The lowest BCUT2D eigenvalue weighted by atomic mass is 10.1. The molecule has 2 aromatic rings. The summed E-state index contributed by atoms with van der Waals surface area (Å²) in [7, 11) is -4.03. The maximum atomic E-state index is 13.3. The Morgan fingerprint density at radius 2 is 1.69 bits per heavy atom. The van der Waals surface area contributed by atoms with Crippen LogP contribution in [0.3, 0.4) is 0 Å². The van der Waals surface area contributed by atoms with Crippen molar-refractivity contribution in [2.75, 3.05) is 19.7 Å². The van der Waals surface area contributed by atoms with Crippen LogP contribution < -0.4 is 0 Å². The molecule has 172 valence electrons. The lowest BCUT2D eigenvalue weighted by molar-refractivity contribution is -0.0440. The minimum Gasteiger partial charge on any atom is -0.454 e. The summed E-state index contributed by atoms with van der Waals surface area (Å²) in [6.07, 6.45) is -0.634. The molecular weight excluding hydrogens is 468 g/mol. The molecule has 11 heteroatoms. The van der Waals surface area contributed by atoms with E-state index in [0.29, 0.717) is 6.07 Å². The fourth-order valence-electron chi connectivity index (χ4n) is 3.26. The fraction of sp³-hybridized carbons (Fsp3) is 0.333. The van der Waals surface area contributed by atoms with Gasteiger partial charge in [-0.25, -0.2) is 22.0 Å². The smallest absolute Gasteiger partial charge is 0.338 e. The van der Waals surface area contributed by atoms with E-state index >= 15 is 0 Å². The number of ether oxygens (including phenoxy) is 2. The number of rotatable bonds is 6. The van der Waals surface area contributed by atoms with Gasteiger partial charge in [-0.3, -0.25) is 4.79 Å². The first-order valence-corrected chi connectivity index (χ1v) is 11.4.